The van der Waals surface area contributed by atoms with Crippen LogP contribution >= 0.6 is 0 Å². The van der Waals surface area contributed by atoms with Crippen LogP contribution < -0.4 is 10.5 Å². The number of hydrogen-bond donors (Lipinski definition) is 3. The van der Waals surface area contributed by atoms with Crippen molar-refractivity contribution in [3.8, 4) is 17.1 Å². The summed E-state index contributed by atoms with van der Waals surface area (Å²) in [6.45, 7) is 2.60. The highest BCUT2D eigenvalue weighted by Gasteiger charge is 2.40. The van der Waals surface area contributed by atoms with E-state index in [2.05, 4.69) is 22.2 Å². The zero-order valence-electron chi connectivity index (χ0n) is 19.0. The van der Waals surface area contributed by atoms with Gasteiger partial charge in [-0.15, -0.1) is 0 Å². The summed E-state index contributed by atoms with van der Waals surface area (Å²) in [6.07, 6.45) is 0.745. The van der Waals surface area contributed by atoms with E-state index in [0.29, 0.717) is 12.8 Å². The van der Waals surface area contributed by atoms with Crippen LogP contribution in [0.4, 0.5) is 13.2 Å². The first-order valence-electron chi connectivity index (χ1n) is 11.4. The van der Waals surface area contributed by atoms with Gasteiger partial charge < -0.3 is 30.2 Å². The van der Waals surface area contributed by atoms with Crippen LogP contribution in [0.2, 0.25) is 0 Å². The quantitative estimate of drug-likeness (QED) is 0.149. The number of alkyl halides is 3. The summed E-state index contributed by atoms with van der Waals surface area (Å²) in [5.74, 6) is -0.629. The average molecular weight is 486 g/mol. The number of aliphatic hydroxyl groups excluding tert-OH is 1. The summed E-state index contributed by atoms with van der Waals surface area (Å²) >= 11 is 0. The van der Waals surface area contributed by atoms with Gasteiger partial charge in [0.25, 0.3) is 5.89 Å². The molecular formula is C22H30F3N5O4. The van der Waals surface area contributed by atoms with Gasteiger partial charge in [0.15, 0.2) is 0 Å². The van der Waals surface area contributed by atoms with Crippen molar-refractivity contribution >= 4 is 5.96 Å². The molecule has 0 spiro atoms. The molecule has 0 saturated carbocycles. The van der Waals surface area contributed by atoms with Crippen molar-refractivity contribution < 1.29 is 32.7 Å². The summed E-state index contributed by atoms with van der Waals surface area (Å²) in [4.78, 5) is 5.54. The van der Waals surface area contributed by atoms with Crippen LogP contribution in [0, 0.1) is 0 Å². The second-order valence-corrected chi connectivity index (χ2v) is 8.23. The highest BCUT2D eigenvalue weighted by Crippen LogP contribution is 2.39. The van der Waals surface area contributed by atoms with E-state index < -0.39 is 23.9 Å². The first kappa shape index (κ1) is 25.6. The first-order valence-corrected chi connectivity index (χ1v) is 11.4. The van der Waals surface area contributed by atoms with E-state index in [1.54, 1.807) is 0 Å². The third kappa shape index (κ3) is 6.10. The molecule has 34 heavy (non-hydrogen) atoms. The Morgan fingerprint density at radius 1 is 1.26 bits per heavy atom. The minimum Gasteiger partial charge on any atom is -0.493 e. The van der Waals surface area contributed by atoms with Gasteiger partial charge in [0.1, 0.15) is 11.8 Å². The number of nitrogens with zero attached hydrogens (tertiary/aromatic N) is 4. The first-order chi connectivity index (χ1) is 16.3. The molecule has 1 aliphatic heterocycles. The van der Waals surface area contributed by atoms with E-state index in [1.165, 1.54) is 17.0 Å². The minimum atomic E-state index is -4.64. The second kappa shape index (κ2) is 11.4. The van der Waals surface area contributed by atoms with E-state index >= 15 is 0 Å². The molecule has 3 rings (SSSR count). The van der Waals surface area contributed by atoms with Crippen molar-refractivity contribution in [1.82, 2.24) is 15.0 Å². The Bertz CT molecular complexity index is 966. The molecule has 1 fully saturated rings. The normalized spacial score (nSPS) is 19.1. The lowest BCUT2D eigenvalue weighted by molar-refractivity contribution is -0.138. The standard InChI is InChI=1S/C22H30F3N5O4/c1-2-3-4-5-6-7-12-33-17-9-8-14(13-15(17)22(23,24)25)19-27-20(34-29-19)18-16(31)10-11-30(18)21(26)28-32/h8-9,13,16,18,31-32H,2-7,10-12H2,1H3,(H2,26,28). The third-order valence-electron chi connectivity index (χ3n) is 5.76. The molecule has 0 bridgehead atoms. The lowest BCUT2D eigenvalue weighted by Gasteiger charge is -2.22. The fraction of sp³-hybridized carbons (Fsp3) is 0.591. The molecular weight excluding hydrogens is 455 g/mol. The zero-order valence-corrected chi connectivity index (χ0v) is 19.0. The van der Waals surface area contributed by atoms with Gasteiger partial charge in [0.2, 0.25) is 11.8 Å². The fourth-order valence-corrected chi connectivity index (χ4v) is 3.94. The van der Waals surface area contributed by atoms with Crippen molar-refractivity contribution in [3.05, 3.63) is 29.7 Å². The van der Waals surface area contributed by atoms with Crippen LogP contribution in [0.5, 0.6) is 5.75 Å². The average Bonchev–Trinajstić information content (AvgIpc) is 3.44. The molecule has 0 aliphatic carbocycles. The maximum atomic E-state index is 13.7. The summed E-state index contributed by atoms with van der Waals surface area (Å²) in [6, 6.07) is 2.71. The number of nitrogens with two attached hydrogens (primary N) is 1. The Morgan fingerprint density at radius 2 is 2.00 bits per heavy atom. The number of hydrogen-bond acceptors (Lipinski definition) is 7. The molecule has 1 saturated heterocycles. The number of oxime groups is 1. The van der Waals surface area contributed by atoms with Crippen LogP contribution in [0.1, 0.15) is 69.4 Å². The number of aromatic nitrogens is 2. The number of rotatable bonds is 10. The second-order valence-electron chi connectivity index (χ2n) is 8.23. The number of likely N-dealkylation sites (tertiary alicyclic amines) is 1. The summed E-state index contributed by atoms with van der Waals surface area (Å²) in [7, 11) is 0. The molecule has 1 aromatic carbocycles. The summed E-state index contributed by atoms with van der Waals surface area (Å²) in [5.41, 5.74) is 4.79. The molecule has 2 heterocycles. The van der Waals surface area contributed by atoms with Crippen molar-refractivity contribution in [2.75, 3.05) is 13.2 Å². The van der Waals surface area contributed by atoms with Crippen molar-refractivity contribution in [1.29, 1.82) is 0 Å². The van der Waals surface area contributed by atoms with E-state index in [1.807, 2.05) is 0 Å². The smallest absolute Gasteiger partial charge is 0.419 e. The molecule has 1 aliphatic rings. The van der Waals surface area contributed by atoms with Gasteiger partial charge in [-0.1, -0.05) is 49.3 Å². The Hall–Kier alpha value is -3.02. The van der Waals surface area contributed by atoms with Crippen LogP contribution in [-0.4, -0.2) is 50.6 Å². The molecule has 2 unspecified atom stereocenters. The topological polar surface area (TPSA) is 130 Å². The SMILES string of the molecule is CCCCCCCCOc1ccc(-c2noc(C3C(O)CCN3/C(N)=N/O)n2)cc1C(F)(F)F. The van der Waals surface area contributed by atoms with E-state index in [9.17, 15) is 18.3 Å². The third-order valence-corrected chi connectivity index (χ3v) is 5.76. The van der Waals surface area contributed by atoms with Crippen molar-refractivity contribution in [2.45, 2.75) is 70.2 Å². The van der Waals surface area contributed by atoms with Crippen LogP contribution in [0.25, 0.3) is 11.4 Å². The molecule has 188 valence electrons. The van der Waals surface area contributed by atoms with Gasteiger partial charge in [0, 0.05) is 12.1 Å². The highest BCUT2D eigenvalue weighted by atomic mass is 19.4. The number of halogens is 3. The molecule has 0 radical (unpaired) electrons. The lowest BCUT2D eigenvalue weighted by Crippen LogP contribution is -2.38. The Morgan fingerprint density at radius 3 is 2.71 bits per heavy atom. The largest absolute Gasteiger partial charge is 0.493 e. The monoisotopic (exact) mass is 485 g/mol. The van der Waals surface area contributed by atoms with Crippen molar-refractivity contribution in [3.63, 3.8) is 0 Å². The van der Waals surface area contributed by atoms with E-state index in [4.69, 9.17) is 20.2 Å². The zero-order chi connectivity index (χ0) is 24.7. The number of benzene rings is 1. The molecule has 2 atom stereocenters. The highest BCUT2D eigenvalue weighted by molar-refractivity contribution is 5.78. The minimum absolute atomic E-state index is 0.0523. The van der Waals surface area contributed by atoms with Gasteiger partial charge in [-0.2, -0.15) is 18.2 Å². The number of aliphatic hydroxyl groups is 1. The van der Waals surface area contributed by atoms with Crippen LogP contribution in [-0.2, 0) is 6.18 Å². The van der Waals surface area contributed by atoms with Crippen molar-refractivity contribution in [2.24, 2.45) is 10.9 Å². The maximum Gasteiger partial charge on any atom is 0.419 e. The molecule has 1 aromatic heterocycles. The Kier molecular flexibility index (Phi) is 8.59. The Labute approximate surface area is 195 Å². The van der Waals surface area contributed by atoms with Gasteiger partial charge in [-0.3, -0.25) is 0 Å². The maximum absolute atomic E-state index is 13.7. The lowest BCUT2D eigenvalue weighted by atomic mass is 10.1. The number of guanidine groups is 1. The van der Waals surface area contributed by atoms with Gasteiger partial charge in [-0.25, -0.2) is 0 Å². The van der Waals surface area contributed by atoms with Gasteiger partial charge in [-0.05, 0) is 31.0 Å². The molecule has 4 N–H and O–H groups in total. The molecule has 2 aromatic rings. The van der Waals surface area contributed by atoms with Gasteiger partial charge >= 0.3 is 6.18 Å². The number of ether oxygens (including phenoxy) is 1. The van der Waals surface area contributed by atoms with E-state index in [0.717, 1.165) is 38.2 Å². The molecule has 12 heteroatoms. The van der Waals surface area contributed by atoms with Crippen LogP contribution in [0.15, 0.2) is 27.9 Å². The molecule has 9 nitrogen and oxygen atoms in total. The predicted octanol–water partition coefficient (Wildman–Crippen LogP) is 4.31. The predicted molar refractivity (Wildman–Crippen MR) is 117 cm³/mol. The number of unbranched alkanes of at least 4 members (excludes halogenated alkanes) is 5. The summed E-state index contributed by atoms with van der Waals surface area (Å²) in [5, 5.41) is 25.9. The van der Waals surface area contributed by atoms with Crippen LogP contribution in [0.3, 0.4) is 0 Å². The van der Waals surface area contributed by atoms with Gasteiger partial charge in [0.05, 0.1) is 18.3 Å². The summed E-state index contributed by atoms with van der Waals surface area (Å²) < 4.78 is 51.8. The molecule has 0 amide bonds. The fourth-order valence-electron chi connectivity index (χ4n) is 3.94. The Balaban J connectivity index is 1.75. The van der Waals surface area contributed by atoms with E-state index in [-0.39, 0.29) is 42.1 Å².